The van der Waals surface area contributed by atoms with Crippen molar-refractivity contribution in [3.8, 4) is 0 Å². The van der Waals surface area contributed by atoms with Gasteiger partial charge in [0.2, 0.25) is 0 Å². The van der Waals surface area contributed by atoms with Crippen LogP contribution in [-0.2, 0) is 14.3 Å². The lowest BCUT2D eigenvalue weighted by Crippen LogP contribution is -2.67. The molecule has 9 nitrogen and oxygen atoms in total. The highest BCUT2D eigenvalue weighted by Crippen LogP contribution is 2.75. The fourth-order valence-corrected chi connectivity index (χ4v) is 12.7. The Bertz CT molecular complexity index is 1210. The van der Waals surface area contributed by atoms with Crippen molar-refractivity contribution in [1.82, 2.24) is 0 Å². The van der Waals surface area contributed by atoms with E-state index in [1.807, 2.05) is 0 Å². The van der Waals surface area contributed by atoms with E-state index in [1.165, 1.54) is 5.57 Å². The molecule has 0 aromatic carbocycles. The maximum atomic E-state index is 13.9. The minimum Gasteiger partial charge on any atom is -0.394 e. The molecule has 4 saturated carbocycles. The predicted molar refractivity (Wildman–Crippen MR) is 166 cm³/mol. The van der Waals surface area contributed by atoms with Gasteiger partial charge in [-0.05, 0) is 77.4 Å². The number of aliphatic hydroxyl groups excluding tert-OH is 6. The summed E-state index contributed by atoms with van der Waals surface area (Å²) in [5.74, 6) is 0.895. The van der Waals surface area contributed by atoms with Crippen LogP contribution in [0.5, 0.6) is 0 Å². The first kappa shape index (κ1) is 34.0. The van der Waals surface area contributed by atoms with Gasteiger partial charge >= 0.3 is 0 Å². The van der Waals surface area contributed by atoms with Gasteiger partial charge in [-0.2, -0.15) is 0 Å². The van der Waals surface area contributed by atoms with E-state index in [4.69, 9.17) is 9.47 Å². The number of aliphatic hydroxyl groups is 6. The molecule has 0 radical (unpaired) electrons. The normalized spacial score (nSPS) is 55.8. The van der Waals surface area contributed by atoms with Crippen molar-refractivity contribution in [2.45, 2.75) is 143 Å². The zero-order valence-electron chi connectivity index (χ0n) is 28.4. The van der Waals surface area contributed by atoms with Crippen LogP contribution >= 0.6 is 0 Å². The molecular formula is C36H58O9. The molecule has 16 atom stereocenters. The maximum absolute atomic E-state index is 13.9. The van der Waals surface area contributed by atoms with Gasteiger partial charge in [-0.1, -0.05) is 67.0 Å². The standard InChI is InChI=1S/C36H58O9/c1-17(2)20-13-21(38)29-34(6)12-11-18-19(35(34,7)15-25(40)36(20,29)8)9-10-24-32(3,4)30(22(39)14-33(18,24)5)45-31-28(43)27(42)26(41)23(16-37)44-31/h11,17,19-20,22-31,37,39-43H,9-10,12-16H2,1-8H3/t19-,20+,22+,23+,24-,25+,26+,27-,28+,29-,30-,31-,33+,34-,35+,36-/m0/s1. The van der Waals surface area contributed by atoms with E-state index in [0.717, 1.165) is 19.3 Å². The lowest BCUT2D eigenvalue weighted by atomic mass is 9.35. The van der Waals surface area contributed by atoms with E-state index in [2.05, 4.69) is 61.5 Å². The lowest BCUT2D eigenvalue weighted by molar-refractivity contribution is -0.336. The summed E-state index contributed by atoms with van der Waals surface area (Å²) in [5.41, 5.74) is -0.582. The van der Waals surface area contributed by atoms with E-state index in [9.17, 15) is 35.4 Å². The molecule has 6 N–H and O–H groups in total. The smallest absolute Gasteiger partial charge is 0.187 e. The van der Waals surface area contributed by atoms with Crippen LogP contribution in [0.1, 0.15) is 93.9 Å². The molecule has 6 aliphatic rings. The second kappa shape index (κ2) is 10.8. The van der Waals surface area contributed by atoms with Crippen molar-refractivity contribution in [3.63, 3.8) is 0 Å². The van der Waals surface area contributed by atoms with Gasteiger partial charge < -0.3 is 40.1 Å². The fourth-order valence-electron chi connectivity index (χ4n) is 12.7. The Hall–Kier alpha value is -0.910. The molecule has 1 saturated heterocycles. The van der Waals surface area contributed by atoms with Gasteiger partial charge in [0.15, 0.2) is 6.29 Å². The van der Waals surface area contributed by atoms with Crippen molar-refractivity contribution >= 4 is 5.78 Å². The number of fused-ring (bicyclic) bond motifs is 7. The average molecular weight is 635 g/mol. The number of ketones is 1. The van der Waals surface area contributed by atoms with E-state index in [-0.39, 0.29) is 39.9 Å². The van der Waals surface area contributed by atoms with Crippen molar-refractivity contribution in [1.29, 1.82) is 0 Å². The second-order valence-electron chi connectivity index (χ2n) is 17.7. The highest BCUT2D eigenvalue weighted by atomic mass is 16.7. The van der Waals surface area contributed by atoms with E-state index < -0.39 is 66.5 Å². The molecule has 0 spiro atoms. The number of rotatable bonds is 4. The summed E-state index contributed by atoms with van der Waals surface area (Å²) in [6.07, 6.45) is -2.58. The lowest BCUT2D eigenvalue weighted by Gasteiger charge is -2.70. The number of allylic oxidation sites excluding steroid dienone is 2. The average Bonchev–Trinajstić information content (AvgIpc) is 3.24. The highest BCUT2D eigenvalue weighted by Gasteiger charge is 2.73. The quantitative estimate of drug-likeness (QED) is 0.202. The first-order chi connectivity index (χ1) is 20.8. The van der Waals surface area contributed by atoms with Crippen LogP contribution in [0.25, 0.3) is 0 Å². The Balaban J connectivity index is 1.32. The molecule has 256 valence electrons. The first-order valence-corrected chi connectivity index (χ1v) is 17.4. The number of ether oxygens (including phenoxy) is 2. The molecule has 0 bridgehead atoms. The summed E-state index contributed by atoms with van der Waals surface area (Å²) in [5, 5.41) is 64.7. The van der Waals surface area contributed by atoms with Crippen molar-refractivity contribution in [2.24, 2.45) is 56.7 Å². The molecule has 9 heteroatoms. The van der Waals surface area contributed by atoms with Gasteiger partial charge in [-0.15, -0.1) is 0 Å². The summed E-state index contributed by atoms with van der Waals surface area (Å²) in [6.45, 7) is 17.1. The topological polar surface area (TPSA) is 157 Å². The molecule has 1 aliphatic heterocycles. The Morgan fingerprint density at radius 3 is 2.22 bits per heavy atom. The van der Waals surface area contributed by atoms with Crippen LogP contribution in [0.4, 0.5) is 0 Å². The molecule has 45 heavy (non-hydrogen) atoms. The molecule has 5 aliphatic carbocycles. The van der Waals surface area contributed by atoms with Gasteiger partial charge in [0.25, 0.3) is 0 Å². The number of carbonyl (C=O) groups is 1. The third-order valence-electron chi connectivity index (χ3n) is 15.1. The predicted octanol–water partition coefficient (Wildman–Crippen LogP) is 2.97. The van der Waals surface area contributed by atoms with Gasteiger partial charge in [0.05, 0.1) is 24.9 Å². The van der Waals surface area contributed by atoms with Crippen molar-refractivity contribution < 1.29 is 44.9 Å². The highest BCUT2D eigenvalue weighted by molar-refractivity contribution is 5.86. The van der Waals surface area contributed by atoms with E-state index in [1.54, 1.807) is 0 Å². The molecule has 5 fully saturated rings. The molecule has 0 amide bonds. The number of carbonyl (C=O) groups excluding carboxylic acids is 1. The minimum absolute atomic E-state index is 0.121. The summed E-state index contributed by atoms with van der Waals surface area (Å²) < 4.78 is 12.0. The SMILES string of the molecule is CC(C)[C@H]1CC(=O)[C@@H]2[C@]1(C)[C@H](O)C[C@]1(C)[C@H]3CC[C@H]4C(C)(C)[C@@H](O[C@@H]5O[C@H](CO)[C@@H](O)[C@H](O)[C@H]5O)[C@H](O)C[C@]4(C)C3=CC[C@@]21C. The maximum Gasteiger partial charge on any atom is 0.187 e. The Kier molecular flexibility index (Phi) is 8.15. The molecule has 0 aromatic heterocycles. The van der Waals surface area contributed by atoms with E-state index in [0.29, 0.717) is 31.0 Å². The summed E-state index contributed by atoms with van der Waals surface area (Å²) in [6, 6.07) is 0. The Morgan fingerprint density at radius 2 is 1.60 bits per heavy atom. The van der Waals surface area contributed by atoms with Crippen LogP contribution in [0.3, 0.4) is 0 Å². The van der Waals surface area contributed by atoms with Crippen molar-refractivity contribution in [3.05, 3.63) is 11.6 Å². The summed E-state index contributed by atoms with van der Waals surface area (Å²) >= 11 is 0. The number of Topliss-reactive ketones (excluding diaryl/α,β-unsaturated/α-hetero) is 1. The molecule has 0 aromatic rings. The van der Waals surface area contributed by atoms with Crippen LogP contribution in [0.15, 0.2) is 11.6 Å². The Labute approximate surface area is 268 Å². The zero-order valence-corrected chi connectivity index (χ0v) is 28.4. The molecule has 0 unspecified atom stereocenters. The second-order valence-corrected chi connectivity index (χ2v) is 17.7. The molecular weight excluding hydrogens is 576 g/mol. The van der Waals surface area contributed by atoms with Gasteiger partial charge in [-0.25, -0.2) is 0 Å². The minimum atomic E-state index is -1.55. The largest absolute Gasteiger partial charge is 0.394 e. The van der Waals surface area contributed by atoms with Crippen LogP contribution < -0.4 is 0 Å². The first-order valence-electron chi connectivity index (χ1n) is 17.4. The summed E-state index contributed by atoms with van der Waals surface area (Å²) in [4.78, 5) is 13.9. The zero-order chi connectivity index (χ0) is 33.2. The third-order valence-corrected chi connectivity index (χ3v) is 15.1. The number of hydrogen-bond acceptors (Lipinski definition) is 9. The van der Waals surface area contributed by atoms with Crippen LogP contribution in [0, 0.1) is 56.7 Å². The van der Waals surface area contributed by atoms with Gasteiger partial charge in [-0.3, -0.25) is 4.79 Å². The van der Waals surface area contributed by atoms with Crippen LogP contribution in [0.2, 0.25) is 0 Å². The van der Waals surface area contributed by atoms with E-state index >= 15 is 0 Å². The Morgan fingerprint density at radius 1 is 0.933 bits per heavy atom. The van der Waals surface area contributed by atoms with Gasteiger partial charge in [0, 0.05) is 17.8 Å². The summed E-state index contributed by atoms with van der Waals surface area (Å²) in [7, 11) is 0. The van der Waals surface area contributed by atoms with Gasteiger partial charge in [0.1, 0.15) is 30.2 Å². The number of hydrogen-bond donors (Lipinski definition) is 6. The molecule has 1 heterocycles. The van der Waals surface area contributed by atoms with Crippen LogP contribution in [-0.4, -0.2) is 92.0 Å². The fraction of sp³-hybridized carbons (Fsp3) is 0.917. The molecule has 6 rings (SSSR count). The third kappa shape index (κ3) is 4.37. The monoisotopic (exact) mass is 634 g/mol. The van der Waals surface area contributed by atoms with Crippen molar-refractivity contribution in [2.75, 3.05) is 6.61 Å².